The summed E-state index contributed by atoms with van der Waals surface area (Å²) in [6, 6.07) is 6.30. The van der Waals surface area contributed by atoms with Crippen LogP contribution in [0, 0.1) is 5.82 Å². The lowest BCUT2D eigenvalue weighted by molar-refractivity contribution is 0.110. The molecule has 0 spiro atoms. The average molecular weight is 297 g/mol. The molecule has 110 valence electrons. The van der Waals surface area contributed by atoms with E-state index in [0.29, 0.717) is 17.8 Å². The van der Waals surface area contributed by atoms with Gasteiger partial charge in [-0.15, -0.1) is 0 Å². The van der Waals surface area contributed by atoms with Crippen molar-refractivity contribution >= 4 is 17.3 Å². The van der Waals surface area contributed by atoms with Crippen LogP contribution in [-0.4, -0.2) is 36.6 Å². The van der Waals surface area contributed by atoms with E-state index in [1.165, 1.54) is 25.8 Å². The van der Waals surface area contributed by atoms with Crippen LogP contribution in [0.3, 0.4) is 0 Å². The van der Waals surface area contributed by atoms with Gasteiger partial charge in [0, 0.05) is 25.2 Å². The predicted molar refractivity (Wildman–Crippen MR) is 82.0 cm³/mol. The summed E-state index contributed by atoms with van der Waals surface area (Å²) in [7, 11) is 0. The van der Waals surface area contributed by atoms with Crippen molar-refractivity contribution in [2.24, 2.45) is 0 Å². The zero-order valence-corrected chi connectivity index (χ0v) is 12.7. The Morgan fingerprint density at radius 2 is 2.15 bits per heavy atom. The van der Waals surface area contributed by atoms with Crippen LogP contribution in [0.5, 0.6) is 0 Å². The molecule has 4 heteroatoms. The van der Waals surface area contributed by atoms with Gasteiger partial charge in [0.05, 0.1) is 10.7 Å². The van der Waals surface area contributed by atoms with E-state index >= 15 is 0 Å². The van der Waals surface area contributed by atoms with Crippen molar-refractivity contribution in [1.29, 1.82) is 0 Å². The number of piperazine rings is 1. The Kier molecular flexibility index (Phi) is 4.18. The van der Waals surface area contributed by atoms with Gasteiger partial charge in [0.2, 0.25) is 0 Å². The fourth-order valence-corrected chi connectivity index (χ4v) is 3.78. The monoisotopic (exact) mass is 296 g/mol. The van der Waals surface area contributed by atoms with Crippen LogP contribution in [0.2, 0.25) is 5.02 Å². The van der Waals surface area contributed by atoms with Gasteiger partial charge in [-0.2, -0.15) is 0 Å². The third-order valence-electron chi connectivity index (χ3n) is 4.75. The van der Waals surface area contributed by atoms with Crippen LogP contribution in [0.1, 0.15) is 32.6 Å². The molecule has 2 atom stereocenters. The van der Waals surface area contributed by atoms with Gasteiger partial charge in [-0.1, -0.05) is 31.0 Å². The van der Waals surface area contributed by atoms with Crippen LogP contribution >= 0.6 is 11.6 Å². The second-order valence-corrected chi connectivity index (χ2v) is 6.34. The highest BCUT2D eigenvalue weighted by atomic mass is 35.5. The van der Waals surface area contributed by atoms with Crippen LogP contribution < -0.4 is 4.90 Å². The van der Waals surface area contributed by atoms with Gasteiger partial charge in [-0.25, -0.2) is 4.39 Å². The van der Waals surface area contributed by atoms with Crippen molar-refractivity contribution < 1.29 is 4.39 Å². The number of nitrogens with zero attached hydrogens (tertiary/aromatic N) is 2. The highest BCUT2D eigenvalue weighted by Gasteiger charge is 2.35. The number of benzene rings is 1. The highest BCUT2D eigenvalue weighted by molar-refractivity contribution is 6.31. The number of hydrogen-bond donors (Lipinski definition) is 0. The van der Waals surface area contributed by atoms with Crippen molar-refractivity contribution in [1.82, 2.24) is 4.90 Å². The Balaban J connectivity index is 1.88. The highest BCUT2D eigenvalue weighted by Crippen LogP contribution is 2.32. The van der Waals surface area contributed by atoms with E-state index in [1.54, 1.807) is 6.07 Å². The van der Waals surface area contributed by atoms with Crippen molar-refractivity contribution in [3.8, 4) is 0 Å². The summed E-state index contributed by atoms with van der Waals surface area (Å²) >= 11 is 5.95. The Hall–Kier alpha value is -0.800. The molecule has 2 nitrogen and oxygen atoms in total. The zero-order valence-electron chi connectivity index (χ0n) is 12.0. The summed E-state index contributed by atoms with van der Waals surface area (Å²) in [5, 5.41) is 0.225. The fraction of sp³-hybridized carbons (Fsp3) is 0.625. The average Bonchev–Trinajstić information content (AvgIpc) is 2.48. The minimum atomic E-state index is -0.267. The molecule has 2 heterocycles. The molecule has 1 aromatic rings. The smallest absolute Gasteiger partial charge is 0.165 e. The first-order chi connectivity index (χ1) is 9.70. The Morgan fingerprint density at radius 1 is 1.30 bits per heavy atom. The summed E-state index contributed by atoms with van der Waals surface area (Å²) < 4.78 is 14.3. The van der Waals surface area contributed by atoms with Gasteiger partial charge in [0.25, 0.3) is 0 Å². The number of hydrogen-bond acceptors (Lipinski definition) is 2. The van der Waals surface area contributed by atoms with Crippen molar-refractivity contribution in [3.05, 3.63) is 29.0 Å². The maximum atomic E-state index is 14.3. The molecule has 0 aromatic heterocycles. The van der Waals surface area contributed by atoms with Crippen LogP contribution in [0.4, 0.5) is 10.1 Å². The topological polar surface area (TPSA) is 6.48 Å². The van der Waals surface area contributed by atoms with E-state index in [1.807, 2.05) is 12.1 Å². The van der Waals surface area contributed by atoms with E-state index < -0.39 is 0 Å². The number of anilines is 1. The maximum Gasteiger partial charge on any atom is 0.165 e. The number of piperidine rings is 1. The lowest BCUT2D eigenvalue weighted by Gasteiger charge is -2.49. The lowest BCUT2D eigenvalue weighted by atomic mass is 9.95. The Morgan fingerprint density at radius 3 is 2.95 bits per heavy atom. The van der Waals surface area contributed by atoms with Crippen LogP contribution in [-0.2, 0) is 0 Å². The van der Waals surface area contributed by atoms with Gasteiger partial charge in [-0.05, 0) is 37.9 Å². The summed E-state index contributed by atoms with van der Waals surface area (Å²) in [4.78, 5) is 4.84. The number of fused-ring (bicyclic) bond motifs is 1. The normalized spacial score (nSPS) is 27.4. The van der Waals surface area contributed by atoms with Crippen molar-refractivity contribution in [2.75, 3.05) is 24.5 Å². The molecule has 0 aliphatic carbocycles. The van der Waals surface area contributed by atoms with Gasteiger partial charge in [0.15, 0.2) is 5.82 Å². The van der Waals surface area contributed by atoms with Gasteiger partial charge in [0.1, 0.15) is 0 Å². The molecule has 2 fully saturated rings. The molecule has 0 N–H and O–H groups in total. The second-order valence-electron chi connectivity index (χ2n) is 5.93. The molecule has 3 rings (SSSR count). The first-order valence-corrected chi connectivity index (χ1v) is 8.03. The minimum absolute atomic E-state index is 0.225. The summed E-state index contributed by atoms with van der Waals surface area (Å²) in [5.41, 5.74) is 0.676. The molecule has 0 saturated carbocycles. The maximum absolute atomic E-state index is 14.3. The van der Waals surface area contributed by atoms with E-state index in [2.05, 4.69) is 16.7 Å². The molecule has 0 radical (unpaired) electrons. The largest absolute Gasteiger partial charge is 0.363 e. The molecule has 2 saturated heterocycles. The molecular formula is C16H22ClFN2. The fourth-order valence-electron chi connectivity index (χ4n) is 3.61. The van der Waals surface area contributed by atoms with Gasteiger partial charge in [-0.3, -0.25) is 4.90 Å². The van der Waals surface area contributed by atoms with Gasteiger partial charge < -0.3 is 4.90 Å². The molecule has 20 heavy (non-hydrogen) atoms. The third kappa shape index (κ3) is 2.53. The zero-order chi connectivity index (χ0) is 14.1. The first kappa shape index (κ1) is 14.2. The number of halogens is 2. The van der Waals surface area contributed by atoms with E-state index in [-0.39, 0.29) is 10.8 Å². The second kappa shape index (κ2) is 5.90. The molecule has 1 aromatic carbocycles. The van der Waals surface area contributed by atoms with Gasteiger partial charge >= 0.3 is 0 Å². The SMILES string of the molecule is CCC1CN2CCCCC2CN1c1cccc(Cl)c1F. The Labute approximate surface area is 125 Å². The number of rotatable bonds is 2. The predicted octanol–water partition coefficient (Wildman–Crippen LogP) is 3.93. The third-order valence-corrected chi connectivity index (χ3v) is 5.05. The summed E-state index contributed by atoms with van der Waals surface area (Å²) in [5.74, 6) is -0.267. The summed E-state index contributed by atoms with van der Waals surface area (Å²) in [6.07, 6.45) is 4.87. The molecule has 2 aliphatic heterocycles. The van der Waals surface area contributed by atoms with E-state index in [9.17, 15) is 4.39 Å². The minimum Gasteiger partial charge on any atom is -0.363 e. The molecule has 0 amide bonds. The first-order valence-electron chi connectivity index (χ1n) is 7.65. The molecule has 2 unspecified atom stereocenters. The van der Waals surface area contributed by atoms with Crippen LogP contribution in [0.15, 0.2) is 18.2 Å². The van der Waals surface area contributed by atoms with Crippen LogP contribution in [0.25, 0.3) is 0 Å². The quantitative estimate of drug-likeness (QED) is 0.816. The van der Waals surface area contributed by atoms with Crippen molar-refractivity contribution in [2.45, 2.75) is 44.7 Å². The van der Waals surface area contributed by atoms with Crippen molar-refractivity contribution in [3.63, 3.8) is 0 Å². The Bertz CT molecular complexity index is 480. The van der Waals surface area contributed by atoms with E-state index in [4.69, 9.17) is 11.6 Å². The lowest BCUT2D eigenvalue weighted by Crippen LogP contribution is -2.59. The summed E-state index contributed by atoms with van der Waals surface area (Å²) in [6.45, 7) is 5.36. The standard InChI is InChI=1S/C16H22ClFN2/c1-2-12-10-19-9-4-3-6-13(19)11-20(12)15-8-5-7-14(17)16(15)18/h5,7-8,12-13H,2-4,6,9-11H2,1H3. The molecule has 0 bridgehead atoms. The molecular weight excluding hydrogens is 275 g/mol. The molecule has 2 aliphatic rings. The van der Waals surface area contributed by atoms with E-state index in [0.717, 1.165) is 19.5 Å².